The number of phenolic OH excluding ortho intramolecular Hbond substituents is 1. The number of amides is 4. The van der Waals surface area contributed by atoms with Gasteiger partial charge in [0.05, 0.1) is 40.4 Å². The SMILES string of the molecule is CN(C)S(=O)(=O)Cl.CN(C)S(=O)(=O)Nc1c2c(c(O)c3ncccc13)C(=O)N(Cc1ccc(F)cc1)C2.CN(C)S(=O)(=O)Nc1c2c(c(OC(c3ccccc3)c3ccccc3)c3ncccc13)C(=O)N(Cc1ccc(F)cc1)C2.C[Si](C)(C)CCOC(=O)Nc1c2c(c(OC(c3ccccc3)c3ccccc3)c3ncccc13)C(=O)N(Cc1ccc(F)cc1)C2. The van der Waals surface area contributed by atoms with Crippen LogP contribution < -0.4 is 24.2 Å². The molecule has 4 N–H and O–H groups in total. The van der Waals surface area contributed by atoms with Crippen LogP contribution in [0.5, 0.6) is 17.2 Å². The lowest BCUT2D eigenvalue weighted by Gasteiger charge is -2.24. The van der Waals surface area contributed by atoms with Gasteiger partial charge in [0.15, 0.2) is 17.2 Å². The van der Waals surface area contributed by atoms with Gasteiger partial charge in [-0.1, -0.05) is 177 Å². The van der Waals surface area contributed by atoms with Crippen molar-refractivity contribution in [1.29, 1.82) is 0 Å². The van der Waals surface area contributed by atoms with Crippen LogP contribution in [0.2, 0.25) is 25.7 Å². The number of pyridine rings is 3. The third-order valence-corrected chi connectivity index (χ3v) is 27.1. The van der Waals surface area contributed by atoms with Gasteiger partial charge < -0.3 is 34.0 Å². The minimum atomic E-state index is -3.94. The van der Waals surface area contributed by atoms with Crippen molar-refractivity contribution in [3.63, 3.8) is 0 Å². The van der Waals surface area contributed by atoms with Gasteiger partial charge in [0, 0.05) is 152 Å². The van der Waals surface area contributed by atoms with E-state index in [1.54, 1.807) is 88.9 Å². The van der Waals surface area contributed by atoms with E-state index in [0.29, 0.717) is 73.1 Å². The second-order valence-corrected chi connectivity index (χ2v) is 43.6. The maximum absolute atomic E-state index is 14.3. The van der Waals surface area contributed by atoms with Crippen molar-refractivity contribution in [2.75, 3.05) is 63.7 Å². The summed E-state index contributed by atoms with van der Waals surface area (Å²) < 4.78 is 139. The van der Waals surface area contributed by atoms with Crippen LogP contribution in [0.3, 0.4) is 0 Å². The fourth-order valence-electron chi connectivity index (χ4n) is 14.3. The Morgan fingerprint density at radius 3 is 1.07 bits per heavy atom. The van der Waals surface area contributed by atoms with Gasteiger partial charge >= 0.3 is 26.5 Å². The van der Waals surface area contributed by atoms with Gasteiger partial charge in [-0.3, -0.25) is 44.1 Å². The number of carbonyl (C=O) groups is 4. The standard InChI is InChI=1S/C37H36FN3O4Si.C33H29FN4O4S.C20H19FN4O4S.C2H6ClNO2S/c1-46(2,3)22-21-44-37(43)40-32-29-15-10-20-39-33(29)35(45-34(26-11-6-4-7-12-26)27-13-8-5-9-14-27)31-30(32)24-41(36(31)42)23-25-16-18-28(38)19-17-25;1-37(2)43(40,41)36-29-26-14-9-19-35-30(26)32(42-31(23-10-5-3-6-11-23)24-12-7-4-8-13-24)28-27(29)21-38(33(28)39)20-22-15-17-25(34)18-16-22;1-24(2)30(28,29)23-17-14-4-3-9-22-18(14)19(26)16-15(17)11-25(20(16)27)10-12-5-7-13(21)8-6-12;1-4(2)7(3,5)6/h4-20,34H,21-24H2,1-3H3,(H,40,43);3-19,31,36H,20-21H2,1-2H3;3-9,23,26H,10-11H2,1-2H3;1-2H3. The molecule has 26 nitrogen and oxygen atoms in total. The van der Waals surface area contributed by atoms with Crippen LogP contribution in [0.1, 0.15) is 98.9 Å². The molecule has 0 spiro atoms. The van der Waals surface area contributed by atoms with Gasteiger partial charge in [-0.25, -0.2) is 18.0 Å². The first-order chi connectivity index (χ1) is 60.0. The number of phenols is 1. The minimum absolute atomic E-state index is 0.0137. The highest BCUT2D eigenvalue weighted by atomic mass is 35.7. The molecule has 0 radical (unpaired) electrons. The number of nitrogens with zero attached hydrogens (tertiary/aromatic N) is 9. The number of nitrogens with one attached hydrogen (secondary N) is 3. The number of halogens is 4. The summed E-state index contributed by atoms with van der Waals surface area (Å²) in [5.41, 5.74) is 9.70. The average Bonchev–Trinajstić information content (AvgIpc) is 1.55. The van der Waals surface area contributed by atoms with E-state index in [9.17, 15) is 62.7 Å². The summed E-state index contributed by atoms with van der Waals surface area (Å²) in [6.45, 7) is 7.99. The summed E-state index contributed by atoms with van der Waals surface area (Å²) >= 11 is 0. The van der Waals surface area contributed by atoms with Crippen LogP contribution in [-0.4, -0.2) is 154 Å². The van der Waals surface area contributed by atoms with E-state index in [1.165, 1.54) is 89.8 Å². The van der Waals surface area contributed by atoms with Crippen LogP contribution in [0.25, 0.3) is 32.7 Å². The number of ether oxygens (including phenoxy) is 3. The number of hydrogen-bond donors (Lipinski definition) is 4. The molecule has 13 aromatic rings. The highest BCUT2D eigenvalue weighted by Gasteiger charge is 2.42. The van der Waals surface area contributed by atoms with E-state index < -0.39 is 61.9 Å². The second kappa shape index (κ2) is 38.7. The summed E-state index contributed by atoms with van der Waals surface area (Å²) in [6, 6.07) is 67.9. The molecule has 0 aliphatic carbocycles. The first-order valence-corrected chi connectivity index (χ1v) is 48.5. The molecule has 16 rings (SSSR count). The molecule has 3 aliphatic rings. The summed E-state index contributed by atoms with van der Waals surface area (Å²) in [5, 5.41) is 15.2. The Balaban J connectivity index is 0.000000159. The Bertz CT molecular complexity index is 6490. The second-order valence-electron chi connectivity index (χ2n) is 31.5. The van der Waals surface area contributed by atoms with Gasteiger partial charge in [-0.05, 0) is 118 Å². The highest BCUT2D eigenvalue weighted by Crippen LogP contribution is 2.49. The zero-order valence-corrected chi connectivity index (χ0v) is 74.2. The smallest absolute Gasteiger partial charge is 0.411 e. The summed E-state index contributed by atoms with van der Waals surface area (Å²) in [7, 11) is 0.445. The fraction of sp³-hybridized carbons (Fsp3) is 0.207. The number of hydrogen-bond acceptors (Lipinski definition) is 17. The zero-order chi connectivity index (χ0) is 90.1. The summed E-state index contributed by atoms with van der Waals surface area (Å²) in [4.78, 5) is 72.9. The number of fused-ring (bicyclic) bond motifs is 6. The number of aromatic nitrogens is 3. The predicted octanol–water partition coefficient (Wildman–Crippen LogP) is 17.0. The van der Waals surface area contributed by atoms with Crippen LogP contribution in [-0.2, 0) is 73.7 Å². The average molecular weight is 1800 g/mol. The predicted molar refractivity (Wildman–Crippen MR) is 482 cm³/mol. The largest absolute Gasteiger partial charge is 0.505 e. The van der Waals surface area contributed by atoms with Crippen LogP contribution in [0.15, 0.2) is 249 Å². The molecule has 0 unspecified atom stereocenters. The maximum Gasteiger partial charge on any atom is 0.411 e. The van der Waals surface area contributed by atoms with E-state index in [0.717, 1.165) is 52.3 Å². The first kappa shape index (κ1) is 90.9. The zero-order valence-electron chi connectivity index (χ0n) is 70.0. The topological polar surface area (TPSA) is 313 Å². The molecule has 0 bridgehead atoms. The van der Waals surface area contributed by atoms with E-state index in [4.69, 9.17) is 29.9 Å². The molecule has 0 saturated heterocycles. The molecule has 0 atom stereocenters. The first-order valence-electron chi connectivity index (χ1n) is 39.6. The van der Waals surface area contributed by atoms with E-state index in [-0.39, 0.29) is 108 Å². The van der Waals surface area contributed by atoms with Crippen molar-refractivity contribution in [2.24, 2.45) is 0 Å². The molecule has 0 fully saturated rings. The lowest BCUT2D eigenvalue weighted by Crippen LogP contribution is -2.29. The van der Waals surface area contributed by atoms with Crippen molar-refractivity contribution in [3.8, 4) is 17.2 Å². The highest BCUT2D eigenvalue weighted by molar-refractivity contribution is 8.11. The van der Waals surface area contributed by atoms with Gasteiger partial charge in [-0.2, -0.15) is 38.2 Å². The third kappa shape index (κ3) is 21.0. The summed E-state index contributed by atoms with van der Waals surface area (Å²) in [5.74, 6) is -1.85. The third-order valence-electron chi connectivity index (χ3n) is 20.9. The molecule has 126 heavy (non-hydrogen) atoms. The molecule has 652 valence electrons. The monoisotopic (exact) mass is 1800 g/mol. The van der Waals surface area contributed by atoms with E-state index >= 15 is 0 Å². The Morgan fingerprint density at radius 1 is 0.444 bits per heavy atom. The lowest BCUT2D eigenvalue weighted by atomic mass is 9.99. The van der Waals surface area contributed by atoms with Crippen LogP contribution >= 0.6 is 10.7 Å². The number of aromatic hydroxyl groups is 1. The number of carbonyl (C=O) groups excluding carboxylic acids is 4. The van der Waals surface area contributed by atoms with Gasteiger partial charge in [0.1, 0.15) is 46.2 Å². The Kier molecular flexibility index (Phi) is 27.9. The van der Waals surface area contributed by atoms with Crippen molar-refractivity contribution >= 4 is 122 Å². The molecule has 34 heteroatoms. The number of benzene rings is 10. The molecule has 0 saturated carbocycles. The van der Waals surface area contributed by atoms with Crippen molar-refractivity contribution in [2.45, 2.75) is 77.2 Å². The Hall–Kier alpha value is -12.9. The minimum Gasteiger partial charge on any atom is -0.505 e. The molecular weight excluding hydrogens is 1710 g/mol. The normalized spacial score (nSPS) is 13.2. The van der Waals surface area contributed by atoms with Crippen molar-refractivity contribution < 1.29 is 76.9 Å². The van der Waals surface area contributed by atoms with Crippen LogP contribution in [0.4, 0.5) is 35.0 Å². The number of rotatable bonds is 25. The molecule has 6 heterocycles. The van der Waals surface area contributed by atoms with Crippen molar-refractivity contribution in [1.82, 2.24) is 42.6 Å². The van der Waals surface area contributed by atoms with Gasteiger partial charge in [0.2, 0.25) is 0 Å². The van der Waals surface area contributed by atoms with Crippen molar-refractivity contribution in [3.05, 3.63) is 339 Å². The van der Waals surface area contributed by atoms with Gasteiger partial charge in [0.25, 0.3) is 27.0 Å². The van der Waals surface area contributed by atoms with Crippen LogP contribution in [0, 0.1) is 17.5 Å². The fourth-order valence-corrected chi connectivity index (χ4v) is 16.3. The van der Waals surface area contributed by atoms with Gasteiger partial charge in [-0.15, -0.1) is 0 Å². The lowest BCUT2D eigenvalue weighted by molar-refractivity contribution is 0.0755. The quantitative estimate of drug-likeness (QED) is 0.0235. The summed E-state index contributed by atoms with van der Waals surface area (Å²) in [6.07, 6.45) is 2.97. The molecule has 3 aromatic heterocycles. The molecule has 4 amide bonds. The maximum atomic E-state index is 14.3. The van der Waals surface area contributed by atoms with E-state index in [1.807, 2.05) is 127 Å². The number of anilines is 3. The molecule has 3 aliphatic heterocycles. The Labute approximate surface area is 733 Å². The Morgan fingerprint density at radius 2 is 0.746 bits per heavy atom. The van der Waals surface area contributed by atoms with E-state index in [2.05, 4.69) is 44.4 Å². The molecular formula is C92H90ClF3N12O14S3Si. The molecule has 10 aromatic carbocycles.